The van der Waals surface area contributed by atoms with Crippen molar-refractivity contribution in [1.82, 2.24) is 0 Å². The Morgan fingerprint density at radius 1 is 1.00 bits per heavy atom. The van der Waals surface area contributed by atoms with Crippen molar-refractivity contribution < 1.29 is 17.9 Å². The fraction of sp³-hybridized carbons (Fsp3) is 0.308. The third kappa shape index (κ3) is 4.53. The van der Waals surface area contributed by atoms with E-state index in [0.717, 1.165) is 18.4 Å². The smallest absolute Gasteiger partial charge is 0.201 e. The quantitative estimate of drug-likeness (QED) is 0.462. The van der Waals surface area contributed by atoms with Crippen LogP contribution >= 0.6 is 0 Å². The third-order valence-corrected chi connectivity index (χ3v) is 5.42. The largest absolute Gasteiger partial charge is 0.450 e. The van der Waals surface area contributed by atoms with Crippen LogP contribution in [-0.4, -0.2) is 0 Å². The molecule has 2 aromatic carbocycles. The molecule has 2 aromatic rings. The molecule has 30 heavy (non-hydrogen) atoms. The highest BCUT2D eigenvalue weighted by Gasteiger charge is 2.28. The standard InChI is InChI=1S/C26H27F3O/c1-5-7-18-8-10-19(11-9-18)12-13-20-15-21-14-17(4)25(22(27)16(3)6-2)30-26(21)24(29)23(20)28/h8-11,15H,3-7,12-14H2,1-2H3/b25-22-. The summed E-state index contributed by atoms with van der Waals surface area (Å²) in [6, 6.07) is 9.82. The van der Waals surface area contributed by atoms with Gasteiger partial charge in [0.2, 0.25) is 5.82 Å². The molecule has 1 aliphatic rings. The van der Waals surface area contributed by atoms with Gasteiger partial charge in [-0.15, -0.1) is 0 Å². The van der Waals surface area contributed by atoms with Crippen LogP contribution in [0.25, 0.3) is 0 Å². The second-order valence-electron chi connectivity index (χ2n) is 7.70. The number of benzene rings is 2. The van der Waals surface area contributed by atoms with Gasteiger partial charge in [0.15, 0.2) is 23.2 Å². The minimum Gasteiger partial charge on any atom is -0.450 e. The van der Waals surface area contributed by atoms with Gasteiger partial charge in [-0.1, -0.05) is 57.7 Å². The van der Waals surface area contributed by atoms with Gasteiger partial charge < -0.3 is 4.74 Å². The topological polar surface area (TPSA) is 9.23 Å². The molecule has 0 saturated carbocycles. The highest BCUT2D eigenvalue weighted by Crippen LogP contribution is 2.39. The number of fused-ring (bicyclic) bond motifs is 1. The molecule has 0 aliphatic carbocycles. The molecule has 3 rings (SSSR count). The van der Waals surface area contributed by atoms with E-state index in [1.165, 1.54) is 5.56 Å². The monoisotopic (exact) mass is 412 g/mol. The van der Waals surface area contributed by atoms with Crippen LogP contribution in [0.5, 0.6) is 5.75 Å². The van der Waals surface area contributed by atoms with Crippen molar-refractivity contribution in [2.75, 3.05) is 0 Å². The number of hydrogen-bond donors (Lipinski definition) is 0. The molecule has 0 atom stereocenters. The van der Waals surface area contributed by atoms with Crippen molar-refractivity contribution in [3.8, 4) is 5.75 Å². The summed E-state index contributed by atoms with van der Waals surface area (Å²) in [4.78, 5) is 0. The molecule has 0 unspecified atom stereocenters. The zero-order valence-corrected chi connectivity index (χ0v) is 17.6. The van der Waals surface area contributed by atoms with E-state index >= 15 is 0 Å². The molecule has 0 saturated heterocycles. The number of rotatable bonds is 7. The first-order valence-electron chi connectivity index (χ1n) is 10.4. The Morgan fingerprint density at radius 3 is 2.23 bits per heavy atom. The van der Waals surface area contributed by atoms with Crippen molar-refractivity contribution >= 4 is 0 Å². The van der Waals surface area contributed by atoms with Gasteiger partial charge in [0, 0.05) is 12.0 Å². The summed E-state index contributed by atoms with van der Waals surface area (Å²) >= 11 is 0. The molecular weight excluding hydrogens is 385 g/mol. The maximum Gasteiger partial charge on any atom is 0.201 e. The SMILES string of the molecule is C=C(CC)/C(F)=C1/Oc2c(cc(CCc3ccc(CCC)cc3)c(F)c2F)CC1=C. The fourth-order valence-electron chi connectivity index (χ4n) is 3.58. The van der Waals surface area contributed by atoms with Crippen LogP contribution in [0.1, 0.15) is 48.9 Å². The summed E-state index contributed by atoms with van der Waals surface area (Å²) in [7, 11) is 0. The van der Waals surface area contributed by atoms with E-state index in [4.69, 9.17) is 4.74 Å². The van der Waals surface area contributed by atoms with Gasteiger partial charge in [0.1, 0.15) is 0 Å². The zero-order valence-electron chi connectivity index (χ0n) is 17.6. The Bertz CT molecular complexity index is 1000. The van der Waals surface area contributed by atoms with Crippen LogP contribution in [0.15, 0.2) is 66.2 Å². The van der Waals surface area contributed by atoms with Crippen LogP contribution in [0.4, 0.5) is 13.2 Å². The minimum atomic E-state index is -1.08. The molecule has 0 amide bonds. The van der Waals surface area contributed by atoms with E-state index in [1.807, 2.05) is 12.1 Å². The molecule has 0 N–H and O–H groups in total. The first-order valence-corrected chi connectivity index (χ1v) is 10.4. The first-order chi connectivity index (χ1) is 14.3. The first kappa shape index (κ1) is 21.9. The van der Waals surface area contributed by atoms with Crippen LogP contribution in [0, 0.1) is 11.6 Å². The van der Waals surface area contributed by atoms with E-state index in [-0.39, 0.29) is 29.1 Å². The fourth-order valence-corrected chi connectivity index (χ4v) is 3.58. The van der Waals surface area contributed by atoms with E-state index in [1.54, 1.807) is 13.0 Å². The summed E-state index contributed by atoms with van der Waals surface area (Å²) in [5.74, 6) is -3.11. The van der Waals surface area contributed by atoms with Gasteiger partial charge >= 0.3 is 0 Å². The average Bonchev–Trinajstić information content (AvgIpc) is 2.75. The van der Waals surface area contributed by atoms with Crippen LogP contribution < -0.4 is 4.74 Å². The van der Waals surface area contributed by atoms with E-state index < -0.39 is 17.5 Å². The molecule has 1 heterocycles. The van der Waals surface area contributed by atoms with Gasteiger partial charge in [-0.05, 0) is 59.6 Å². The lowest BCUT2D eigenvalue weighted by molar-refractivity contribution is 0.353. The summed E-state index contributed by atoms with van der Waals surface area (Å²) in [5.41, 5.74) is 3.72. The van der Waals surface area contributed by atoms with Crippen LogP contribution in [-0.2, 0) is 25.7 Å². The van der Waals surface area contributed by atoms with E-state index in [2.05, 4.69) is 32.2 Å². The lowest BCUT2D eigenvalue weighted by Gasteiger charge is -2.24. The Balaban J connectivity index is 1.83. The van der Waals surface area contributed by atoms with Gasteiger partial charge in [-0.25, -0.2) is 8.78 Å². The molecule has 1 aliphatic heterocycles. The minimum absolute atomic E-state index is 0.160. The van der Waals surface area contributed by atoms with Gasteiger partial charge in [0.25, 0.3) is 0 Å². The third-order valence-electron chi connectivity index (χ3n) is 5.42. The van der Waals surface area contributed by atoms with Gasteiger partial charge in [-0.3, -0.25) is 0 Å². The molecule has 0 aromatic heterocycles. The molecule has 0 fully saturated rings. The van der Waals surface area contributed by atoms with Crippen molar-refractivity contribution in [1.29, 1.82) is 0 Å². The molecule has 0 bridgehead atoms. The molecular formula is C26H27F3O. The highest BCUT2D eigenvalue weighted by molar-refractivity contribution is 5.51. The second-order valence-corrected chi connectivity index (χ2v) is 7.70. The highest BCUT2D eigenvalue weighted by atomic mass is 19.2. The van der Waals surface area contributed by atoms with Crippen molar-refractivity contribution in [3.63, 3.8) is 0 Å². The predicted molar refractivity (Wildman–Crippen MR) is 115 cm³/mol. The Morgan fingerprint density at radius 2 is 1.63 bits per heavy atom. The van der Waals surface area contributed by atoms with Crippen molar-refractivity contribution in [3.05, 3.63) is 100 Å². The molecule has 1 nitrogen and oxygen atoms in total. The van der Waals surface area contributed by atoms with E-state index in [9.17, 15) is 13.2 Å². The van der Waals surface area contributed by atoms with Crippen LogP contribution in [0.2, 0.25) is 0 Å². The van der Waals surface area contributed by atoms with Crippen LogP contribution in [0.3, 0.4) is 0 Å². The van der Waals surface area contributed by atoms with Crippen molar-refractivity contribution in [2.24, 2.45) is 0 Å². The van der Waals surface area contributed by atoms with Crippen molar-refractivity contribution in [2.45, 2.75) is 52.4 Å². The molecule has 0 radical (unpaired) electrons. The summed E-state index contributed by atoms with van der Waals surface area (Å²) in [6.07, 6.45) is 3.65. The number of ether oxygens (including phenoxy) is 1. The maximum absolute atomic E-state index is 14.8. The van der Waals surface area contributed by atoms with E-state index in [0.29, 0.717) is 30.4 Å². The normalized spacial score (nSPS) is 14.9. The lowest BCUT2D eigenvalue weighted by atomic mass is 9.94. The zero-order chi connectivity index (χ0) is 21.8. The summed E-state index contributed by atoms with van der Waals surface area (Å²) < 4.78 is 49.4. The maximum atomic E-state index is 14.8. The average molecular weight is 412 g/mol. The number of allylic oxidation sites excluding steroid dienone is 3. The Labute approximate surface area is 176 Å². The summed E-state index contributed by atoms with van der Waals surface area (Å²) in [5, 5.41) is 0. The molecule has 158 valence electrons. The van der Waals surface area contributed by atoms with Gasteiger partial charge in [-0.2, -0.15) is 4.39 Å². The number of halogens is 3. The number of aryl methyl sites for hydroxylation is 3. The number of hydrogen-bond acceptors (Lipinski definition) is 1. The molecule has 4 heteroatoms. The predicted octanol–water partition coefficient (Wildman–Crippen LogP) is 7.34. The Hall–Kier alpha value is -2.75. The summed E-state index contributed by atoms with van der Waals surface area (Å²) in [6.45, 7) is 11.4. The Kier molecular flexibility index (Phi) is 6.86. The lowest BCUT2D eigenvalue weighted by Crippen LogP contribution is -2.15. The second kappa shape index (κ2) is 9.38. The molecule has 0 spiro atoms. The van der Waals surface area contributed by atoms with Gasteiger partial charge in [0.05, 0.1) is 0 Å².